The fourth-order valence-corrected chi connectivity index (χ4v) is 2.21. The van der Waals surface area contributed by atoms with Crippen molar-refractivity contribution in [1.29, 1.82) is 0 Å². The molecule has 0 bridgehead atoms. The number of nitrogens with one attached hydrogen (secondary N) is 1. The molecule has 0 aliphatic heterocycles. The van der Waals surface area contributed by atoms with Crippen LogP contribution >= 0.6 is 0 Å². The van der Waals surface area contributed by atoms with Gasteiger partial charge in [-0.3, -0.25) is 0 Å². The SMILES string of the molecule is Nc1nc[nH]c2c1oc1ncc3cccc3c12. The molecule has 4 aromatic rings. The van der Waals surface area contributed by atoms with Crippen LogP contribution in [-0.4, -0.2) is 15.0 Å². The Balaban J connectivity index is 2.40. The molecule has 0 unspecified atom stereocenters. The summed E-state index contributed by atoms with van der Waals surface area (Å²) < 4.78 is 5.63. The monoisotopic (exact) mass is 224 g/mol. The van der Waals surface area contributed by atoms with Crippen LogP contribution in [0.1, 0.15) is 0 Å². The van der Waals surface area contributed by atoms with Gasteiger partial charge in [-0.2, -0.15) is 0 Å². The number of furan rings is 1. The third kappa shape index (κ3) is 0.977. The first-order valence-electron chi connectivity index (χ1n) is 5.23. The van der Waals surface area contributed by atoms with Gasteiger partial charge in [-0.05, 0) is 5.39 Å². The van der Waals surface area contributed by atoms with Crippen LogP contribution in [0.25, 0.3) is 33.0 Å². The number of hydrogen-bond acceptors (Lipinski definition) is 4. The number of rotatable bonds is 0. The van der Waals surface area contributed by atoms with Crippen molar-refractivity contribution < 1.29 is 4.42 Å². The number of fused-ring (bicyclic) bond motifs is 5. The van der Waals surface area contributed by atoms with E-state index >= 15 is 0 Å². The molecule has 0 amide bonds. The van der Waals surface area contributed by atoms with Crippen LogP contribution in [0, 0.1) is 0 Å². The average Bonchev–Trinajstić information content (AvgIpc) is 2.91. The van der Waals surface area contributed by atoms with E-state index in [0.717, 1.165) is 21.7 Å². The first-order valence-corrected chi connectivity index (χ1v) is 5.23. The van der Waals surface area contributed by atoms with Gasteiger partial charge in [0.25, 0.3) is 0 Å². The Labute approximate surface area is 95.3 Å². The molecule has 3 heterocycles. The van der Waals surface area contributed by atoms with Crippen LogP contribution in [0.5, 0.6) is 0 Å². The summed E-state index contributed by atoms with van der Waals surface area (Å²) in [5.41, 5.74) is 7.77. The summed E-state index contributed by atoms with van der Waals surface area (Å²) in [5, 5.41) is 3.15. The third-order valence-electron chi connectivity index (χ3n) is 2.97. The van der Waals surface area contributed by atoms with E-state index in [0.29, 0.717) is 17.1 Å². The lowest BCUT2D eigenvalue weighted by atomic mass is 10.2. The van der Waals surface area contributed by atoms with Gasteiger partial charge in [0.2, 0.25) is 5.71 Å². The minimum atomic E-state index is 0.372. The van der Waals surface area contributed by atoms with Crippen LogP contribution < -0.4 is 5.73 Å². The summed E-state index contributed by atoms with van der Waals surface area (Å²) in [6, 6.07) is 6.05. The maximum absolute atomic E-state index is 5.79. The van der Waals surface area contributed by atoms with E-state index in [4.69, 9.17) is 10.2 Å². The highest BCUT2D eigenvalue weighted by molar-refractivity contribution is 6.17. The number of nitrogen functional groups attached to an aromatic ring is 1. The van der Waals surface area contributed by atoms with Gasteiger partial charge >= 0.3 is 0 Å². The van der Waals surface area contributed by atoms with Crippen LogP contribution in [0.4, 0.5) is 5.82 Å². The standard InChI is InChI=1S/C12H8N4O/c13-11-10-9(15-5-16-11)8-7-3-1-2-6(7)4-14-12(8)17-10/h1-5H,13H2,(H,15,16). The summed E-state index contributed by atoms with van der Waals surface area (Å²) in [6.07, 6.45) is 3.36. The third-order valence-corrected chi connectivity index (χ3v) is 2.97. The molecule has 5 nitrogen and oxygen atoms in total. The molecule has 0 fully saturated rings. The molecule has 3 aromatic heterocycles. The second-order valence-corrected chi connectivity index (χ2v) is 3.93. The molecule has 1 aromatic carbocycles. The van der Waals surface area contributed by atoms with Gasteiger partial charge < -0.3 is 15.1 Å². The fraction of sp³-hybridized carbons (Fsp3) is 0. The van der Waals surface area contributed by atoms with Gasteiger partial charge in [0.1, 0.15) is 0 Å². The van der Waals surface area contributed by atoms with Gasteiger partial charge in [-0.1, -0.05) is 18.2 Å². The maximum Gasteiger partial charge on any atom is 0.229 e. The van der Waals surface area contributed by atoms with Gasteiger partial charge in [0.15, 0.2) is 11.4 Å². The first kappa shape index (κ1) is 8.58. The molecule has 0 saturated heterocycles. The van der Waals surface area contributed by atoms with E-state index < -0.39 is 0 Å². The zero-order valence-electron chi connectivity index (χ0n) is 8.77. The fourth-order valence-electron chi connectivity index (χ4n) is 2.21. The summed E-state index contributed by atoms with van der Waals surface area (Å²) >= 11 is 0. The van der Waals surface area contributed by atoms with Gasteiger partial charge in [-0.15, -0.1) is 0 Å². The molecule has 0 saturated carbocycles. The van der Waals surface area contributed by atoms with E-state index in [1.165, 1.54) is 0 Å². The van der Waals surface area contributed by atoms with Gasteiger partial charge in [0.05, 0.1) is 17.2 Å². The van der Waals surface area contributed by atoms with Crippen molar-refractivity contribution in [2.45, 2.75) is 0 Å². The second-order valence-electron chi connectivity index (χ2n) is 3.93. The van der Waals surface area contributed by atoms with Crippen molar-refractivity contribution in [2.24, 2.45) is 0 Å². The molecule has 3 N–H and O–H groups in total. The lowest BCUT2D eigenvalue weighted by molar-refractivity contribution is 0.653. The molecule has 0 aliphatic carbocycles. The predicted molar refractivity (Wildman–Crippen MR) is 65.6 cm³/mol. The van der Waals surface area contributed by atoms with Crippen molar-refractivity contribution in [3.63, 3.8) is 0 Å². The molecule has 82 valence electrons. The first-order chi connectivity index (χ1) is 8.34. The van der Waals surface area contributed by atoms with E-state index in [-0.39, 0.29) is 0 Å². The second kappa shape index (κ2) is 2.76. The van der Waals surface area contributed by atoms with Crippen LogP contribution in [0.15, 0.2) is 35.1 Å². The van der Waals surface area contributed by atoms with Crippen molar-refractivity contribution in [3.05, 3.63) is 30.7 Å². The Bertz CT molecular complexity index is 859. The number of aromatic amines is 1. The quantitative estimate of drug-likeness (QED) is 0.480. The molecule has 0 spiro atoms. The Morgan fingerprint density at radius 2 is 2.18 bits per heavy atom. The number of H-pyrrole nitrogens is 1. The smallest absolute Gasteiger partial charge is 0.229 e. The molecule has 4 rings (SSSR count). The zero-order valence-corrected chi connectivity index (χ0v) is 8.77. The summed E-state index contributed by atoms with van der Waals surface area (Å²) in [7, 11) is 0. The minimum Gasteiger partial charge on any atom is -0.432 e. The van der Waals surface area contributed by atoms with E-state index in [9.17, 15) is 0 Å². The highest BCUT2D eigenvalue weighted by Gasteiger charge is 2.14. The van der Waals surface area contributed by atoms with Crippen molar-refractivity contribution in [3.8, 4) is 0 Å². The number of anilines is 1. The van der Waals surface area contributed by atoms with Crippen LogP contribution in [0.3, 0.4) is 0 Å². The van der Waals surface area contributed by atoms with Crippen LogP contribution in [-0.2, 0) is 0 Å². The number of pyridine rings is 1. The van der Waals surface area contributed by atoms with Gasteiger partial charge in [0, 0.05) is 11.6 Å². The van der Waals surface area contributed by atoms with E-state index in [2.05, 4.69) is 15.0 Å². The lowest BCUT2D eigenvalue weighted by Gasteiger charge is -1.93. The molecular weight excluding hydrogens is 216 g/mol. The number of aromatic nitrogens is 3. The topological polar surface area (TPSA) is 80.7 Å². The highest BCUT2D eigenvalue weighted by Crippen LogP contribution is 2.33. The molecule has 5 heteroatoms. The number of nitrogens with zero attached hydrogens (tertiary/aromatic N) is 2. The normalized spacial score (nSPS) is 11.8. The largest absolute Gasteiger partial charge is 0.432 e. The van der Waals surface area contributed by atoms with E-state index in [1.807, 2.05) is 18.2 Å². The molecule has 17 heavy (non-hydrogen) atoms. The lowest BCUT2D eigenvalue weighted by Crippen LogP contribution is -1.90. The number of hydrogen-bond donors (Lipinski definition) is 2. The van der Waals surface area contributed by atoms with Gasteiger partial charge in [-0.25, -0.2) is 9.97 Å². The minimum absolute atomic E-state index is 0.372. The summed E-state index contributed by atoms with van der Waals surface area (Å²) in [5.74, 6) is 0.372. The average molecular weight is 224 g/mol. The predicted octanol–water partition coefficient (Wildman–Crippen LogP) is 2.44. The molecule has 0 atom stereocenters. The van der Waals surface area contributed by atoms with E-state index in [1.54, 1.807) is 12.5 Å². The Morgan fingerprint density at radius 3 is 3.12 bits per heavy atom. The Kier molecular flexibility index (Phi) is 1.39. The summed E-state index contributed by atoms with van der Waals surface area (Å²) in [6.45, 7) is 0. The Morgan fingerprint density at radius 1 is 1.24 bits per heavy atom. The highest BCUT2D eigenvalue weighted by atomic mass is 16.3. The van der Waals surface area contributed by atoms with Crippen molar-refractivity contribution in [2.75, 3.05) is 5.73 Å². The zero-order chi connectivity index (χ0) is 11.4. The molecule has 0 aliphatic rings. The summed E-state index contributed by atoms with van der Waals surface area (Å²) in [4.78, 5) is 11.3. The Hall–Kier alpha value is -2.56. The maximum atomic E-state index is 5.79. The molecule has 0 radical (unpaired) electrons. The van der Waals surface area contributed by atoms with Crippen LogP contribution in [0.2, 0.25) is 0 Å². The van der Waals surface area contributed by atoms with Crippen molar-refractivity contribution >= 4 is 38.8 Å². The van der Waals surface area contributed by atoms with Crippen molar-refractivity contribution in [1.82, 2.24) is 15.0 Å². The number of nitrogens with two attached hydrogens (primary N) is 1. The molecular formula is C12H8N4O.